The fourth-order valence-electron chi connectivity index (χ4n) is 0.749. The largest absolute Gasteiger partial charge is 0.472 e. The first-order valence-electron chi connectivity index (χ1n) is 2.86. The zero-order valence-corrected chi connectivity index (χ0v) is 5.27. The third-order valence-electron chi connectivity index (χ3n) is 1.34. The van der Waals surface area contributed by atoms with E-state index in [4.69, 9.17) is 4.42 Å². The highest BCUT2D eigenvalue weighted by molar-refractivity contribution is 5.18. The SMILES string of the molecule is CCc1cocc1C. The molecule has 1 nitrogen and oxygen atoms in total. The van der Waals surface area contributed by atoms with Crippen LogP contribution in [0.3, 0.4) is 0 Å². The lowest BCUT2D eigenvalue weighted by molar-refractivity contribution is 0.563. The van der Waals surface area contributed by atoms with Gasteiger partial charge in [-0.15, -0.1) is 0 Å². The Morgan fingerprint density at radius 2 is 2.25 bits per heavy atom. The maximum atomic E-state index is 4.94. The average molecular weight is 110 g/mol. The van der Waals surface area contributed by atoms with Gasteiger partial charge in [0.05, 0.1) is 12.5 Å². The maximum absolute atomic E-state index is 4.94. The molecule has 0 aromatic carbocycles. The Morgan fingerprint density at radius 1 is 1.50 bits per heavy atom. The lowest BCUT2D eigenvalue weighted by atomic mass is 10.2. The van der Waals surface area contributed by atoms with Gasteiger partial charge in [0.2, 0.25) is 0 Å². The highest BCUT2D eigenvalue weighted by Gasteiger charge is 1.93. The Bertz CT molecular complexity index is 165. The molecule has 44 valence electrons. The molecular weight excluding hydrogens is 100 g/mol. The van der Waals surface area contributed by atoms with Crippen LogP contribution in [0.2, 0.25) is 0 Å². The summed E-state index contributed by atoms with van der Waals surface area (Å²) >= 11 is 0. The van der Waals surface area contributed by atoms with E-state index >= 15 is 0 Å². The number of furan rings is 1. The molecule has 0 atom stereocenters. The Hall–Kier alpha value is -0.720. The van der Waals surface area contributed by atoms with Crippen LogP contribution in [0.15, 0.2) is 16.9 Å². The number of hydrogen-bond donors (Lipinski definition) is 0. The quantitative estimate of drug-likeness (QED) is 0.540. The predicted molar refractivity (Wildman–Crippen MR) is 32.8 cm³/mol. The van der Waals surface area contributed by atoms with Crippen LogP contribution >= 0.6 is 0 Å². The maximum Gasteiger partial charge on any atom is 0.0937 e. The minimum absolute atomic E-state index is 1.07. The van der Waals surface area contributed by atoms with Gasteiger partial charge in [0.15, 0.2) is 0 Å². The fraction of sp³-hybridized carbons (Fsp3) is 0.429. The fourth-order valence-corrected chi connectivity index (χ4v) is 0.749. The molecule has 0 aliphatic rings. The Kier molecular flexibility index (Phi) is 1.38. The summed E-state index contributed by atoms with van der Waals surface area (Å²) in [6.45, 7) is 4.18. The van der Waals surface area contributed by atoms with Gasteiger partial charge in [0.1, 0.15) is 0 Å². The first-order chi connectivity index (χ1) is 3.84. The molecule has 0 unspecified atom stereocenters. The third-order valence-corrected chi connectivity index (χ3v) is 1.34. The molecule has 0 saturated carbocycles. The molecule has 0 saturated heterocycles. The summed E-state index contributed by atoms with van der Waals surface area (Å²) in [6, 6.07) is 0. The molecule has 0 aliphatic carbocycles. The van der Waals surface area contributed by atoms with Crippen molar-refractivity contribution in [1.29, 1.82) is 0 Å². The molecule has 1 heterocycles. The average Bonchev–Trinajstić information content (AvgIpc) is 2.14. The van der Waals surface area contributed by atoms with Crippen molar-refractivity contribution in [3.8, 4) is 0 Å². The van der Waals surface area contributed by atoms with E-state index in [0.717, 1.165) is 6.42 Å². The molecule has 0 fully saturated rings. The van der Waals surface area contributed by atoms with Crippen molar-refractivity contribution >= 4 is 0 Å². The lowest BCUT2D eigenvalue weighted by Crippen LogP contribution is -1.75. The van der Waals surface area contributed by atoms with Gasteiger partial charge in [-0.25, -0.2) is 0 Å². The second-order valence-electron chi connectivity index (χ2n) is 1.93. The molecule has 0 amide bonds. The van der Waals surface area contributed by atoms with Crippen LogP contribution in [-0.2, 0) is 6.42 Å². The second-order valence-corrected chi connectivity index (χ2v) is 1.93. The van der Waals surface area contributed by atoms with Gasteiger partial charge in [-0.3, -0.25) is 0 Å². The van der Waals surface area contributed by atoms with Gasteiger partial charge in [-0.05, 0) is 24.5 Å². The minimum atomic E-state index is 1.07. The van der Waals surface area contributed by atoms with Gasteiger partial charge >= 0.3 is 0 Å². The van der Waals surface area contributed by atoms with Crippen molar-refractivity contribution in [2.24, 2.45) is 0 Å². The van der Waals surface area contributed by atoms with Crippen LogP contribution in [0.25, 0.3) is 0 Å². The highest BCUT2D eigenvalue weighted by Crippen LogP contribution is 2.07. The van der Waals surface area contributed by atoms with Crippen LogP contribution < -0.4 is 0 Å². The number of hydrogen-bond acceptors (Lipinski definition) is 1. The van der Waals surface area contributed by atoms with Gasteiger partial charge in [0.25, 0.3) is 0 Å². The first-order valence-corrected chi connectivity index (χ1v) is 2.86. The van der Waals surface area contributed by atoms with E-state index in [2.05, 4.69) is 13.8 Å². The van der Waals surface area contributed by atoms with E-state index in [1.54, 1.807) is 12.5 Å². The summed E-state index contributed by atoms with van der Waals surface area (Å²) in [7, 11) is 0. The van der Waals surface area contributed by atoms with Crippen molar-refractivity contribution in [2.75, 3.05) is 0 Å². The molecule has 0 radical (unpaired) electrons. The molecule has 8 heavy (non-hydrogen) atoms. The number of rotatable bonds is 1. The molecular formula is C7H10O. The van der Waals surface area contributed by atoms with E-state index < -0.39 is 0 Å². The highest BCUT2D eigenvalue weighted by atomic mass is 16.3. The monoisotopic (exact) mass is 110 g/mol. The zero-order chi connectivity index (χ0) is 5.98. The van der Waals surface area contributed by atoms with E-state index in [-0.39, 0.29) is 0 Å². The van der Waals surface area contributed by atoms with Gasteiger partial charge in [-0.2, -0.15) is 0 Å². The molecule has 0 aliphatic heterocycles. The van der Waals surface area contributed by atoms with E-state index in [1.807, 2.05) is 0 Å². The van der Waals surface area contributed by atoms with Gasteiger partial charge < -0.3 is 4.42 Å². The van der Waals surface area contributed by atoms with Crippen LogP contribution in [0.5, 0.6) is 0 Å². The second kappa shape index (κ2) is 2.03. The smallest absolute Gasteiger partial charge is 0.0937 e. The van der Waals surface area contributed by atoms with Crippen molar-refractivity contribution in [3.63, 3.8) is 0 Å². The van der Waals surface area contributed by atoms with Crippen molar-refractivity contribution in [2.45, 2.75) is 20.3 Å². The van der Waals surface area contributed by atoms with Crippen LogP contribution in [0.4, 0.5) is 0 Å². The predicted octanol–water partition coefficient (Wildman–Crippen LogP) is 2.15. The number of aryl methyl sites for hydroxylation is 2. The molecule has 1 aromatic heterocycles. The molecule has 1 rings (SSSR count). The van der Waals surface area contributed by atoms with Crippen LogP contribution in [-0.4, -0.2) is 0 Å². The Labute approximate surface area is 49.3 Å². The van der Waals surface area contributed by atoms with E-state index in [1.165, 1.54) is 11.1 Å². The molecule has 0 bridgehead atoms. The minimum Gasteiger partial charge on any atom is -0.472 e. The molecule has 0 spiro atoms. The summed E-state index contributed by atoms with van der Waals surface area (Å²) < 4.78 is 4.94. The third kappa shape index (κ3) is 0.760. The molecule has 1 heteroatoms. The van der Waals surface area contributed by atoms with Gasteiger partial charge in [0, 0.05) is 0 Å². The van der Waals surface area contributed by atoms with Crippen molar-refractivity contribution in [1.82, 2.24) is 0 Å². The summed E-state index contributed by atoms with van der Waals surface area (Å²) in [4.78, 5) is 0. The van der Waals surface area contributed by atoms with Gasteiger partial charge in [-0.1, -0.05) is 6.92 Å². The van der Waals surface area contributed by atoms with E-state index in [9.17, 15) is 0 Å². The summed E-state index contributed by atoms with van der Waals surface area (Å²) in [5.74, 6) is 0. The van der Waals surface area contributed by atoms with Crippen molar-refractivity contribution < 1.29 is 4.42 Å². The summed E-state index contributed by atoms with van der Waals surface area (Å²) in [5.41, 5.74) is 2.57. The molecule has 1 aromatic rings. The van der Waals surface area contributed by atoms with Crippen LogP contribution in [0.1, 0.15) is 18.1 Å². The standard InChI is InChI=1S/C7H10O/c1-3-7-5-8-4-6(7)2/h4-5H,3H2,1-2H3. The van der Waals surface area contributed by atoms with E-state index in [0.29, 0.717) is 0 Å². The Balaban J connectivity index is 2.92. The normalized spacial score (nSPS) is 9.75. The summed E-state index contributed by atoms with van der Waals surface area (Å²) in [5, 5.41) is 0. The summed E-state index contributed by atoms with van der Waals surface area (Å²) in [6.07, 6.45) is 4.65. The Morgan fingerprint density at radius 3 is 2.50 bits per heavy atom. The first kappa shape index (κ1) is 5.42. The topological polar surface area (TPSA) is 13.1 Å². The van der Waals surface area contributed by atoms with Crippen LogP contribution in [0, 0.1) is 6.92 Å². The zero-order valence-electron chi connectivity index (χ0n) is 5.27. The lowest BCUT2D eigenvalue weighted by Gasteiger charge is -1.85. The molecule has 0 N–H and O–H groups in total. The van der Waals surface area contributed by atoms with Crippen molar-refractivity contribution in [3.05, 3.63) is 23.7 Å².